The Morgan fingerprint density at radius 3 is 1.53 bits per heavy atom. The number of nitrogens with one attached hydrogen (secondary N) is 7. The Bertz CT molecular complexity index is 2890. The lowest BCUT2D eigenvalue weighted by Crippen LogP contribution is -2.56. The average Bonchev–Trinajstić information content (AvgIpc) is 3.75. The molecule has 2 saturated heterocycles. The summed E-state index contributed by atoms with van der Waals surface area (Å²) in [5, 5.41) is 29.2. The second-order valence-electron chi connectivity index (χ2n) is 19.1. The Kier molecular flexibility index (Phi) is 42.4. The minimum absolute atomic E-state index is 0. The lowest BCUT2D eigenvalue weighted by atomic mass is 10.0. The molecule has 4 unspecified atom stereocenters. The van der Waals surface area contributed by atoms with E-state index in [0.717, 1.165) is 61.5 Å². The molecular weight excluding hydrogens is 1160 g/mol. The van der Waals surface area contributed by atoms with E-state index in [1.165, 1.54) is 19.8 Å². The number of piperazine rings is 2. The van der Waals surface area contributed by atoms with E-state index in [2.05, 4.69) is 77.0 Å². The van der Waals surface area contributed by atoms with Gasteiger partial charge in [0.15, 0.2) is 5.78 Å². The molecule has 6 aromatic carbocycles. The molecule has 0 aromatic heterocycles. The largest absolute Gasteiger partial charge is 0.480 e. The minimum atomic E-state index is -1.10. The molecule has 0 bridgehead atoms. The van der Waals surface area contributed by atoms with Gasteiger partial charge in [-0.15, -0.1) is 12.4 Å². The maximum Gasteiger partial charge on any atom is 0.408 e. The topological polar surface area (TPSA) is 304 Å². The number of ether oxygens (including phenoxy) is 4. The van der Waals surface area contributed by atoms with E-state index in [-0.39, 0.29) is 88.5 Å². The summed E-state index contributed by atoms with van der Waals surface area (Å²) >= 11 is 0. The Labute approximate surface area is 529 Å². The molecule has 2 aliphatic rings. The molecule has 10 N–H and O–H groups in total. The zero-order valence-corrected chi connectivity index (χ0v) is 51.2. The summed E-state index contributed by atoms with van der Waals surface area (Å²) in [5.41, 5.74) is 10.5. The van der Waals surface area contributed by atoms with Crippen molar-refractivity contribution in [2.75, 3.05) is 73.2 Å². The fourth-order valence-electron chi connectivity index (χ4n) is 8.00. The highest BCUT2D eigenvalue weighted by molar-refractivity contribution is 5.98. The van der Waals surface area contributed by atoms with Crippen LogP contribution in [0.3, 0.4) is 0 Å². The van der Waals surface area contributed by atoms with Crippen molar-refractivity contribution in [1.29, 1.82) is 0 Å². The van der Waals surface area contributed by atoms with Gasteiger partial charge in [0.05, 0.1) is 39.9 Å². The second kappa shape index (κ2) is 48.2. The van der Waals surface area contributed by atoms with Crippen molar-refractivity contribution in [1.82, 2.24) is 37.2 Å². The molecule has 4 atom stereocenters. The van der Waals surface area contributed by atoms with Crippen LogP contribution in [0.2, 0.25) is 0 Å². The van der Waals surface area contributed by atoms with E-state index in [1.807, 2.05) is 141 Å². The predicted molar refractivity (Wildman–Crippen MR) is 346 cm³/mol. The number of esters is 2. The van der Waals surface area contributed by atoms with Gasteiger partial charge < -0.3 is 61.7 Å². The molecule has 0 aliphatic carbocycles. The molecule has 0 radical (unpaired) electrons. The van der Waals surface area contributed by atoms with Gasteiger partial charge in [0.25, 0.3) is 0 Å². The fourth-order valence-corrected chi connectivity index (χ4v) is 8.00. The van der Waals surface area contributed by atoms with E-state index >= 15 is 0 Å². The third-order valence-corrected chi connectivity index (χ3v) is 12.5. The van der Waals surface area contributed by atoms with Crippen LogP contribution in [-0.2, 0) is 80.0 Å². The van der Waals surface area contributed by atoms with E-state index in [9.17, 15) is 43.5 Å². The van der Waals surface area contributed by atoms with Gasteiger partial charge in [0.2, 0.25) is 17.7 Å². The second-order valence-corrected chi connectivity index (χ2v) is 19.1. The number of amides is 4. The van der Waals surface area contributed by atoms with Crippen molar-refractivity contribution in [2.45, 2.75) is 77.7 Å². The molecule has 22 heteroatoms. The molecule has 89 heavy (non-hydrogen) atoms. The number of Topliss-reactive ketones (excluding diaryl/α,β-unsaturated/α-hetero) is 1. The van der Waals surface area contributed by atoms with Gasteiger partial charge in [-0.1, -0.05) is 189 Å². The third kappa shape index (κ3) is 35.5. The highest BCUT2D eigenvalue weighted by Gasteiger charge is 2.26. The van der Waals surface area contributed by atoms with Gasteiger partial charge in [-0.3, -0.25) is 34.1 Å². The third-order valence-electron chi connectivity index (χ3n) is 12.5. The summed E-state index contributed by atoms with van der Waals surface area (Å²) in [5.74, 6) is -2.72. The molecular formula is C67H89ClN8O13. The van der Waals surface area contributed by atoms with E-state index < -0.39 is 36.2 Å². The van der Waals surface area contributed by atoms with Gasteiger partial charge >= 0.3 is 24.0 Å². The molecule has 2 aliphatic heterocycles. The van der Waals surface area contributed by atoms with Crippen LogP contribution < -0.4 is 43.0 Å². The lowest BCUT2D eigenvalue weighted by Gasteiger charge is -2.24. The number of methoxy groups -OCH3 is 2. The zero-order valence-electron chi connectivity index (χ0n) is 50.4. The molecule has 6 aromatic rings. The van der Waals surface area contributed by atoms with Gasteiger partial charge in [-0.2, -0.15) is 0 Å². The predicted octanol–water partition coefficient (Wildman–Crippen LogP) is 5.82. The van der Waals surface area contributed by atoms with Crippen molar-refractivity contribution in [3.05, 3.63) is 215 Å². The van der Waals surface area contributed by atoms with E-state index in [1.54, 1.807) is 24.3 Å². The maximum atomic E-state index is 12.4. The molecule has 21 nitrogen and oxygen atoms in total. The normalized spacial score (nSPS) is 14.0. The van der Waals surface area contributed by atoms with Crippen LogP contribution >= 0.6 is 12.4 Å². The van der Waals surface area contributed by atoms with Gasteiger partial charge in [-0.05, 0) is 54.5 Å². The maximum absolute atomic E-state index is 12.4. The Morgan fingerprint density at radius 2 is 1.09 bits per heavy atom. The van der Waals surface area contributed by atoms with Crippen LogP contribution in [-0.4, -0.2) is 150 Å². The number of carbonyl (C=O) groups excluding carboxylic acids is 7. The highest BCUT2D eigenvalue weighted by atomic mass is 35.5. The summed E-state index contributed by atoms with van der Waals surface area (Å²) in [6.45, 7) is 8.92. The molecule has 482 valence electrons. The first-order valence-corrected chi connectivity index (χ1v) is 28.6. The van der Waals surface area contributed by atoms with Crippen LogP contribution in [0.15, 0.2) is 182 Å². The molecule has 8 rings (SSSR count). The fraction of sp³-hybridized carbons (Fsp3) is 0.343. The molecule has 4 amide bonds. The number of halogens is 1. The van der Waals surface area contributed by atoms with Crippen LogP contribution in [0.1, 0.15) is 59.4 Å². The quantitative estimate of drug-likeness (QED) is 0.0220. The van der Waals surface area contributed by atoms with Crippen molar-refractivity contribution in [3.8, 4) is 0 Å². The number of hydrogen-bond acceptors (Lipinski definition) is 16. The zero-order chi connectivity index (χ0) is 63.3. The van der Waals surface area contributed by atoms with Gasteiger partial charge in [0, 0.05) is 57.3 Å². The van der Waals surface area contributed by atoms with Crippen molar-refractivity contribution in [2.24, 2.45) is 5.73 Å². The SMILES string of the molecule is C.CCOCC.COC(=O)CN.COC(=O)CNC(=O)C(Cc1ccccc1)NCC(=O)c1ccccc1.Cl.O=C(NC(Cc1ccccc1)C(=O)O)OCc1ccccc1.O=C1CNC(=O)C(Cc2ccccc2)N1.c1ccc(CC2CNCCN2)cc1. The van der Waals surface area contributed by atoms with Crippen molar-refractivity contribution in [3.63, 3.8) is 0 Å². The molecule has 0 saturated carbocycles. The number of alkyl carbamates (subject to hydrolysis) is 1. The van der Waals surface area contributed by atoms with Crippen LogP contribution in [0.4, 0.5) is 4.79 Å². The van der Waals surface area contributed by atoms with Crippen LogP contribution in [0.5, 0.6) is 0 Å². The smallest absolute Gasteiger partial charge is 0.408 e. The molecule has 0 spiro atoms. The first-order valence-electron chi connectivity index (χ1n) is 28.6. The summed E-state index contributed by atoms with van der Waals surface area (Å²) in [6, 6.07) is 55.4. The number of benzene rings is 6. The Hall–Kier alpha value is -8.83. The van der Waals surface area contributed by atoms with Crippen molar-refractivity contribution >= 4 is 59.9 Å². The highest BCUT2D eigenvalue weighted by Crippen LogP contribution is 2.09. The lowest BCUT2D eigenvalue weighted by molar-refractivity contribution is -0.141. The van der Waals surface area contributed by atoms with Crippen LogP contribution in [0.25, 0.3) is 0 Å². The van der Waals surface area contributed by atoms with Crippen LogP contribution in [0, 0.1) is 0 Å². The minimum Gasteiger partial charge on any atom is -0.480 e. The molecule has 2 fully saturated rings. The number of carboxylic acids is 1. The Morgan fingerprint density at radius 1 is 0.618 bits per heavy atom. The van der Waals surface area contributed by atoms with Gasteiger partial charge in [-0.25, -0.2) is 9.59 Å². The van der Waals surface area contributed by atoms with Gasteiger partial charge in [0.1, 0.15) is 25.2 Å². The van der Waals surface area contributed by atoms with E-state index in [4.69, 9.17) is 15.2 Å². The number of aliphatic carboxylic acids is 1. The Balaban J connectivity index is 0.000000570. The number of nitrogens with two attached hydrogens (primary N) is 1. The summed E-state index contributed by atoms with van der Waals surface area (Å²) in [7, 11) is 2.56. The first-order chi connectivity index (χ1) is 42.2. The number of hydrogen-bond donors (Lipinski definition) is 9. The average molecular weight is 1250 g/mol. The standard InChI is InChI=1S/C20H22N2O4.C17H17NO4.C11H12N2O2.C11H16N2.C4H10O.C3H7NO2.CH4.ClH/c1-26-19(24)14-22-20(25)17(12-15-8-4-2-5-9-15)21-13-18(23)16-10-6-3-7-11-16;19-16(20)15(11-13-7-3-1-4-8-13)18-17(21)22-12-14-9-5-2-6-10-14;14-10-7-12-11(15)9(13-10)6-8-4-2-1-3-5-8;1-2-4-10(5-3-1)8-11-9-12-6-7-13-11;1-3-5-4-2;1-6-3(5)2-4;;/h2-11,17,21H,12-14H2,1H3,(H,22,25);1-10,15H,11-12H2,(H,18,21)(H,19,20);1-5,9H,6-7H2,(H,12,15)(H,13,14);1-5,11-13H,6-9H2;3-4H2,1-2H3;2,4H2,1H3;1H4;1H. The van der Waals surface area contributed by atoms with Crippen molar-refractivity contribution < 1.29 is 62.4 Å². The summed E-state index contributed by atoms with van der Waals surface area (Å²) in [6.07, 6.45) is 1.53. The number of carboxylic acid groups (broad SMARTS) is 1. The monoisotopic (exact) mass is 1250 g/mol. The van der Waals surface area contributed by atoms with E-state index in [0.29, 0.717) is 24.4 Å². The first kappa shape index (κ1) is 78.2. The summed E-state index contributed by atoms with van der Waals surface area (Å²) < 4.78 is 18.5. The number of carbonyl (C=O) groups is 8. The number of ketones is 1. The number of rotatable bonds is 22. The molecule has 2 heterocycles. The summed E-state index contributed by atoms with van der Waals surface area (Å²) in [4.78, 5) is 91.2.